The van der Waals surface area contributed by atoms with Gasteiger partial charge in [-0.3, -0.25) is 9.59 Å². The van der Waals surface area contributed by atoms with Crippen LogP contribution in [0.5, 0.6) is 0 Å². The van der Waals surface area contributed by atoms with Gasteiger partial charge in [0.15, 0.2) is 0 Å². The van der Waals surface area contributed by atoms with E-state index < -0.39 is 29.6 Å². The molecule has 0 radical (unpaired) electrons. The minimum atomic E-state index is -4.46. The van der Waals surface area contributed by atoms with Crippen LogP contribution < -0.4 is 22.1 Å². The van der Waals surface area contributed by atoms with Crippen molar-refractivity contribution < 1.29 is 45.4 Å². The number of carbonyl (C=O) groups excluding carboxylic acids is 2. The van der Waals surface area contributed by atoms with E-state index in [4.69, 9.17) is 20.9 Å². The average Bonchev–Trinajstić information content (AvgIpc) is 4.18. The number of ether oxygens (including phenoxy) is 2. The van der Waals surface area contributed by atoms with Crippen LogP contribution in [0.1, 0.15) is 134 Å². The molecule has 12 rings (SSSR count). The number of aryl methyl sites for hydroxylation is 4. The Hall–Kier alpha value is -8.34. The smallest absolute Gasteiger partial charge is 0.384 e. The molecule has 384 valence electrons. The third-order valence-electron chi connectivity index (χ3n) is 14.8. The average molecular weight is 1030 g/mol. The lowest BCUT2D eigenvalue weighted by atomic mass is 9.83. The van der Waals surface area contributed by atoms with Gasteiger partial charge in [-0.1, -0.05) is 72.8 Å². The number of halogens is 6. The summed E-state index contributed by atoms with van der Waals surface area (Å²) < 4.78 is 94.2. The topological polar surface area (TPSA) is 154 Å². The van der Waals surface area contributed by atoms with E-state index in [1.165, 1.54) is 24.3 Å². The molecule has 4 aliphatic rings. The van der Waals surface area contributed by atoms with Gasteiger partial charge < -0.3 is 31.6 Å². The third kappa shape index (κ3) is 8.90. The Kier molecular flexibility index (Phi) is 12.3. The van der Waals surface area contributed by atoms with Crippen molar-refractivity contribution in [1.29, 1.82) is 0 Å². The van der Waals surface area contributed by atoms with E-state index in [0.29, 0.717) is 47.0 Å². The summed E-state index contributed by atoms with van der Waals surface area (Å²) in [6, 6.07) is 36.3. The molecule has 10 nitrogen and oxygen atoms in total. The zero-order valence-electron chi connectivity index (χ0n) is 41.4. The van der Waals surface area contributed by atoms with Crippen LogP contribution in [-0.2, 0) is 34.9 Å². The number of fused-ring (bicyclic) bond motifs is 16. The number of alkyl halides is 6. The first kappa shape index (κ1) is 49.9. The van der Waals surface area contributed by atoms with Gasteiger partial charge in [0, 0.05) is 35.6 Å². The van der Waals surface area contributed by atoms with Crippen molar-refractivity contribution in [3.05, 3.63) is 234 Å². The van der Waals surface area contributed by atoms with Crippen LogP contribution in [-0.4, -0.2) is 21.8 Å². The van der Waals surface area contributed by atoms with E-state index in [0.717, 1.165) is 90.3 Å². The SMILES string of the molecule is Cc1cc(N)nc(C)c1CNC(=O)c1ccc2c(c1)C1OC2c2cc(-c3ccccc3C(F)(F)F)ccc21.Cc1cc(N)nc(C)c1CNC(=O)c1ccc2c(c1)C1OC2c2ccc(-c3ccccc3C(F)(F)F)cc21. The molecule has 4 aliphatic heterocycles. The normalized spacial score (nSPS) is 17.3. The summed E-state index contributed by atoms with van der Waals surface area (Å²) in [5, 5.41) is 5.92. The third-order valence-corrected chi connectivity index (χ3v) is 14.8. The van der Waals surface area contributed by atoms with E-state index in [1.807, 2.05) is 64.1 Å². The Morgan fingerprint density at radius 2 is 0.816 bits per heavy atom. The summed E-state index contributed by atoms with van der Waals surface area (Å²) >= 11 is 0. The predicted octanol–water partition coefficient (Wildman–Crippen LogP) is 12.8. The minimum absolute atomic E-state index is 0.127. The number of hydrogen-bond acceptors (Lipinski definition) is 8. The molecule has 76 heavy (non-hydrogen) atoms. The van der Waals surface area contributed by atoms with Gasteiger partial charge in [0.05, 0.1) is 11.1 Å². The fourth-order valence-electron chi connectivity index (χ4n) is 11.1. The molecule has 0 aliphatic carbocycles. The lowest BCUT2D eigenvalue weighted by Crippen LogP contribution is -2.24. The van der Waals surface area contributed by atoms with Crippen molar-refractivity contribution >= 4 is 23.5 Å². The Bertz CT molecular complexity index is 3660. The number of benzene rings is 6. The number of pyridine rings is 2. The van der Waals surface area contributed by atoms with Gasteiger partial charge in [-0.2, -0.15) is 26.3 Å². The molecule has 0 fully saturated rings. The van der Waals surface area contributed by atoms with E-state index >= 15 is 0 Å². The van der Waals surface area contributed by atoms with Crippen LogP contribution in [0.4, 0.5) is 38.0 Å². The monoisotopic (exact) mass is 1030 g/mol. The number of aromatic nitrogens is 2. The van der Waals surface area contributed by atoms with E-state index in [2.05, 4.69) is 20.6 Å². The molecule has 6 heterocycles. The van der Waals surface area contributed by atoms with Gasteiger partial charge in [0.1, 0.15) is 36.1 Å². The molecule has 6 N–H and O–H groups in total. The Labute approximate surface area is 433 Å². The maximum Gasteiger partial charge on any atom is 0.417 e. The van der Waals surface area contributed by atoms with Gasteiger partial charge in [-0.05, 0) is 177 Å². The van der Waals surface area contributed by atoms with E-state index in [-0.39, 0.29) is 41.3 Å². The van der Waals surface area contributed by atoms with Crippen molar-refractivity contribution in [2.75, 3.05) is 11.5 Å². The second-order valence-corrected chi connectivity index (χ2v) is 19.5. The molecule has 2 aromatic heterocycles. The summed E-state index contributed by atoms with van der Waals surface area (Å²) in [5.41, 5.74) is 25.0. The van der Waals surface area contributed by atoms with Crippen LogP contribution >= 0.6 is 0 Å². The summed E-state index contributed by atoms with van der Waals surface area (Å²) in [4.78, 5) is 34.6. The number of hydrogen-bond donors (Lipinski definition) is 4. The largest absolute Gasteiger partial charge is 0.417 e. The van der Waals surface area contributed by atoms with Gasteiger partial charge in [-0.25, -0.2) is 9.97 Å². The van der Waals surface area contributed by atoms with Crippen LogP contribution in [0.3, 0.4) is 0 Å². The first-order valence-corrected chi connectivity index (χ1v) is 24.4. The van der Waals surface area contributed by atoms with Crippen molar-refractivity contribution in [3.8, 4) is 22.3 Å². The van der Waals surface area contributed by atoms with Gasteiger partial charge >= 0.3 is 12.4 Å². The number of rotatable bonds is 8. The number of nitrogens with one attached hydrogen (secondary N) is 2. The highest BCUT2D eigenvalue weighted by molar-refractivity contribution is 5.95. The zero-order chi connectivity index (χ0) is 53.5. The van der Waals surface area contributed by atoms with E-state index in [1.54, 1.807) is 60.7 Å². The first-order chi connectivity index (χ1) is 36.2. The van der Waals surface area contributed by atoms with Crippen LogP contribution in [0.25, 0.3) is 22.3 Å². The summed E-state index contributed by atoms with van der Waals surface area (Å²) in [6.45, 7) is 8.21. The van der Waals surface area contributed by atoms with Crippen molar-refractivity contribution in [2.24, 2.45) is 0 Å². The molecular formula is C60H48F6N6O4. The Morgan fingerprint density at radius 3 is 1.20 bits per heavy atom. The molecule has 16 heteroatoms. The highest BCUT2D eigenvalue weighted by Crippen LogP contribution is 2.57. The fourth-order valence-corrected chi connectivity index (χ4v) is 11.1. The quantitative estimate of drug-likeness (QED) is 0.110. The highest BCUT2D eigenvalue weighted by atomic mass is 19.4. The summed E-state index contributed by atoms with van der Waals surface area (Å²) in [7, 11) is 0. The first-order valence-electron chi connectivity index (χ1n) is 24.4. The standard InChI is InChI=1S/2C30H24F3N3O2/c1-15-11-26(34)36-16(2)24(15)14-35-29(37)18-8-10-21-23(13-18)28-20-9-7-17(12-22(20)27(21)38-28)19-5-3-4-6-25(19)30(31,32)33;1-15-11-26(34)36-16(2)24(15)14-35-29(37)18-8-10-21-23(13-18)28-22-12-17(7-9-20(22)27(21)38-28)19-5-3-4-6-25(19)30(31,32)33/h2*3-13,27-28H,14H2,1-2H3,(H2,34,36)(H,35,37). The number of carbonyl (C=O) groups is 2. The van der Waals surface area contributed by atoms with Crippen molar-refractivity contribution in [1.82, 2.24) is 20.6 Å². The number of nitrogens with two attached hydrogens (primary N) is 2. The number of amides is 2. The maximum absolute atomic E-state index is 13.6. The lowest BCUT2D eigenvalue weighted by Gasteiger charge is -2.19. The predicted molar refractivity (Wildman–Crippen MR) is 275 cm³/mol. The number of nitrogen functional groups attached to an aromatic ring is 2. The van der Waals surface area contributed by atoms with Crippen LogP contribution in [0.15, 0.2) is 133 Å². The van der Waals surface area contributed by atoms with E-state index in [9.17, 15) is 35.9 Å². The number of nitrogens with zero attached hydrogens (tertiary/aromatic N) is 2. The highest BCUT2D eigenvalue weighted by Gasteiger charge is 2.45. The van der Waals surface area contributed by atoms with Gasteiger partial charge in [-0.15, -0.1) is 0 Å². The second-order valence-electron chi connectivity index (χ2n) is 19.5. The van der Waals surface area contributed by atoms with Gasteiger partial charge in [0.2, 0.25) is 0 Å². The maximum atomic E-state index is 13.6. The van der Waals surface area contributed by atoms with Crippen LogP contribution in [0.2, 0.25) is 0 Å². The summed E-state index contributed by atoms with van der Waals surface area (Å²) in [5.74, 6) is 0.430. The fraction of sp³-hybridized carbons (Fsp3) is 0.200. The molecule has 8 aromatic rings. The molecule has 6 aromatic carbocycles. The van der Waals surface area contributed by atoms with Crippen molar-refractivity contribution in [2.45, 2.75) is 77.6 Å². The Balaban J connectivity index is 0.000000162. The number of anilines is 2. The van der Waals surface area contributed by atoms with Crippen LogP contribution in [0, 0.1) is 27.7 Å². The molecule has 0 saturated heterocycles. The van der Waals surface area contributed by atoms with Crippen molar-refractivity contribution in [3.63, 3.8) is 0 Å². The molecule has 2 amide bonds. The Morgan fingerprint density at radius 1 is 0.474 bits per heavy atom. The molecule has 4 bridgehead atoms. The zero-order valence-corrected chi connectivity index (χ0v) is 41.4. The second kappa shape index (κ2) is 18.8. The molecule has 4 atom stereocenters. The molecule has 0 saturated carbocycles. The lowest BCUT2D eigenvalue weighted by molar-refractivity contribution is -0.137. The molecular weight excluding hydrogens is 983 g/mol. The minimum Gasteiger partial charge on any atom is -0.384 e. The molecule has 4 unspecified atom stereocenters. The summed E-state index contributed by atoms with van der Waals surface area (Å²) in [6.07, 6.45) is -10.4. The molecule has 0 spiro atoms. The van der Waals surface area contributed by atoms with Gasteiger partial charge in [0.25, 0.3) is 11.8 Å².